The third-order valence-corrected chi connectivity index (χ3v) is 24.2. The lowest BCUT2D eigenvalue weighted by Gasteiger charge is -2.33. The molecule has 0 saturated heterocycles. The highest BCUT2D eigenvalue weighted by molar-refractivity contribution is 14.1. The van der Waals surface area contributed by atoms with Gasteiger partial charge in [0.2, 0.25) is 0 Å². The Morgan fingerprint density at radius 2 is 0.366 bits per heavy atom. The Morgan fingerprint density at radius 1 is 0.197 bits per heavy atom. The average Bonchev–Trinajstić information content (AvgIpc) is 0.858. The fourth-order valence-electron chi connectivity index (χ4n) is 10.1. The zero-order valence-corrected chi connectivity index (χ0v) is 89.0. The molecule has 0 fully saturated rings. The van der Waals surface area contributed by atoms with Gasteiger partial charge in [-0.05, 0) is 38.5 Å². The molecule has 0 aliphatic rings. The lowest BCUT2D eigenvalue weighted by molar-refractivity contribution is -0.113. The van der Waals surface area contributed by atoms with Crippen LogP contribution in [0, 0.1) is 5.41 Å². The van der Waals surface area contributed by atoms with Crippen molar-refractivity contribution < 1.29 is 257 Å². The van der Waals surface area contributed by atoms with Gasteiger partial charge >= 0.3 is 46.9 Å². The number of aliphatic hydroxyl groups is 3. The first-order valence-corrected chi connectivity index (χ1v) is 56.2. The third-order valence-electron chi connectivity index (χ3n) is 16.9. The van der Waals surface area contributed by atoms with E-state index in [9.17, 15) is 72.1 Å². The predicted molar refractivity (Wildman–Crippen MR) is 503 cm³/mol. The van der Waals surface area contributed by atoms with Crippen LogP contribution in [0.25, 0.3) is 0 Å². The van der Waals surface area contributed by atoms with Gasteiger partial charge in [0.05, 0.1) is 447 Å². The fraction of sp³-hybridized carbons (Fsp3) is 1.00. The summed E-state index contributed by atoms with van der Waals surface area (Å²) >= 11 is 1.27. The first-order valence-electron chi connectivity index (χ1n) is 46.4. The minimum absolute atomic E-state index is 0.0196. The van der Waals surface area contributed by atoms with Gasteiger partial charge in [0.1, 0.15) is 23.0 Å². The molecule has 0 saturated carbocycles. The molecule has 142 heavy (non-hydrogen) atoms. The second-order valence-corrected chi connectivity index (χ2v) is 38.2. The van der Waals surface area contributed by atoms with Gasteiger partial charge in [-0.2, -0.15) is 0 Å². The van der Waals surface area contributed by atoms with Gasteiger partial charge in [0, 0.05) is 19.8 Å². The van der Waals surface area contributed by atoms with E-state index in [0.29, 0.717) is 59.3 Å². The average molecular weight is 2320 g/mol. The van der Waals surface area contributed by atoms with Crippen LogP contribution < -0.4 is 17.2 Å². The molecular formula is C77H164IN3O55P6. The molecule has 65 heteroatoms. The smallest absolute Gasteiger partial charge is 0.394 e. The number of phosphoric acid groups is 6. The van der Waals surface area contributed by atoms with Crippen LogP contribution in [-0.4, -0.2) is 506 Å². The van der Waals surface area contributed by atoms with Crippen LogP contribution in [0.2, 0.25) is 0 Å². The number of ether oxygens (including phenoxy) is 28. The Balaban J connectivity index is 5.48. The maximum atomic E-state index is 12.8. The van der Waals surface area contributed by atoms with Gasteiger partial charge in [-0.3, -0.25) is 49.8 Å². The Labute approximate surface area is 845 Å². The minimum Gasteiger partial charge on any atom is -0.394 e. The SMILES string of the molecule is NCOCCC(CO)OCCOCCOCCOCCOCCOCCOP(=O)(O)OCCCOCC(COCCCOP(=O)(O)OCCOCCOCCOCCOCCOCCOP(=O)(O)OC(CO)CCOCN)(COCCCOP(=O)(O)OCCOCCOCCOCCOCCOCCOP(=O)(O)OC(CO)CCOCN)COCCOCCOCCOCCOCCOCCOP(=O)(O)OI. The van der Waals surface area contributed by atoms with Crippen molar-refractivity contribution in [3.05, 3.63) is 0 Å². The summed E-state index contributed by atoms with van der Waals surface area (Å²) < 4.78 is 288. The molecule has 58 nitrogen and oxygen atoms in total. The van der Waals surface area contributed by atoms with Crippen LogP contribution in [0.3, 0.4) is 0 Å². The first-order chi connectivity index (χ1) is 68.8. The van der Waals surface area contributed by atoms with Crippen molar-refractivity contribution in [2.45, 2.75) is 56.8 Å². The molecule has 0 aliphatic carbocycles. The maximum absolute atomic E-state index is 12.8. The molecule has 0 heterocycles. The lowest BCUT2D eigenvalue weighted by atomic mass is 9.92. The van der Waals surface area contributed by atoms with Crippen LogP contribution in [0.1, 0.15) is 38.5 Å². The van der Waals surface area contributed by atoms with Crippen LogP contribution >= 0.6 is 69.9 Å². The number of halogens is 1. The first kappa shape index (κ1) is 142. The molecule has 15 N–H and O–H groups in total. The van der Waals surface area contributed by atoms with Crippen molar-refractivity contribution in [1.29, 1.82) is 0 Å². The number of nitrogens with two attached hydrogens (primary N) is 3. The topological polar surface area (TPSA) is 732 Å². The monoisotopic (exact) mass is 2320 g/mol. The van der Waals surface area contributed by atoms with E-state index in [1.807, 2.05) is 0 Å². The molecule has 0 rings (SSSR count). The van der Waals surface area contributed by atoms with Crippen molar-refractivity contribution in [3.8, 4) is 0 Å². The fourth-order valence-corrected chi connectivity index (χ4v) is 14.8. The molecule has 0 aromatic carbocycles. The van der Waals surface area contributed by atoms with E-state index >= 15 is 0 Å². The van der Waals surface area contributed by atoms with Crippen LogP contribution in [0.15, 0.2) is 0 Å². The van der Waals surface area contributed by atoms with Gasteiger partial charge in [-0.1, -0.05) is 0 Å². The Hall–Kier alpha value is 0.0300. The second kappa shape index (κ2) is 103. The molecule has 0 bridgehead atoms. The summed E-state index contributed by atoms with van der Waals surface area (Å²) in [7, 11) is -26.6. The molecule has 0 aromatic rings. The van der Waals surface area contributed by atoms with E-state index in [0.717, 1.165) is 0 Å². The van der Waals surface area contributed by atoms with E-state index < -0.39 is 77.8 Å². The predicted octanol–water partition coefficient (Wildman–Crippen LogP) is 0.761. The summed E-state index contributed by atoms with van der Waals surface area (Å²) in [5, 5.41) is 28.1. The largest absolute Gasteiger partial charge is 0.481 e. The number of phosphoric ester groups is 6. The van der Waals surface area contributed by atoms with Gasteiger partial charge < -0.3 is 195 Å². The van der Waals surface area contributed by atoms with E-state index in [4.69, 9.17) is 195 Å². The molecule has 9 atom stereocenters. The summed E-state index contributed by atoms with van der Waals surface area (Å²) in [4.78, 5) is 60.3. The van der Waals surface area contributed by atoms with Crippen LogP contribution in [0.5, 0.6) is 0 Å². The minimum atomic E-state index is -4.55. The van der Waals surface area contributed by atoms with E-state index in [2.05, 4.69) is 7.38 Å². The molecule has 0 radical (unpaired) electrons. The van der Waals surface area contributed by atoms with E-state index in [1.54, 1.807) is 0 Å². The summed E-state index contributed by atoms with van der Waals surface area (Å²) in [5.74, 6) is 0. The van der Waals surface area contributed by atoms with Crippen molar-refractivity contribution in [3.63, 3.8) is 0 Å². The third kappa shape index (κ3) is 102. The molecule has 0 aliphatic heterocycles. The molecule has 0 aromatic heterocycles. The van der Waals surface area contributed by atoms with Gasteiger partial charge in [0.25, 0.3) is 0 Å². The van der Waals surface area contributed by atoms with Crippen molar-refractivity contribution in [1.82, 2.24) is 0 Å². The molecule has 9 unspecified atom stereocenters. The normalized spacial score (nSPS) is 15.8. The highest BCUT2D eigenvalue weighted by atomic mass is 127. The highest BCUT2D eigenvalue weighted by Gasteiger charge is 2.34. The zero-order chi connectivity index (χ0) is 104. The van der Waals surface area contributed by atoms with Gasteiger partial charge in [-0.15, -0.1) is 0 Å². The van der Waals surface area contributed by atoms with Gasteiger partial charge in [0.15, 0.2) is 0 Å². The molecule has 0 amide bonds. The summed E-state index contributed by atoms with van der Waals surface area (Å²) in [6.45, 7) is 5.25. The number of rotatable bonds is 122. The van der Waals surface area contributed by atoms with Crippen molar-refractivity contribution >= 4 is 69.9 Å². The van der Waals surface area contributed by atoms with E-state index in [-0.39, 0.29) is 415 Å². The summed E-state index contributed by atoms with van der Waals surface area (Å²) in [6.07, 6.45) is -1.23. The summed E-state index contributed by atoms with van der Waals surface area (Å²) in [6, 6.07) is 0. The lowest BCUT2D eigenvalue weighted by Crippen LogP contribution is -2.42. The highest BCUT2D eigenvalue weighted by Crippen LogP contribution is 2.48. The summed E-state index contributed by atoms with van der Waals surface area (Å²) in [5.41, 5.74) is 14.7. The Bertz CT molecular complexity index is 2880. The zero-order valence-electron chi connectivity index (χ0n) is 81.4. The second-order valence-electron chi connectivity index (χ2n) is 28.5. The Morgan fingerprint density at radius 3 is 0.570 bits per heavy atom. The van der Waals surface area contributed by atoms with E-state index in [1.165, 1.54) is 23.0 Å². The standard InChI is InChI=1S/C77H164IN3O55P6/c78-136-142(95,96)133-63-56-116-47-40-108-31-24-97-16-17-101-32-33-109-48-49-120-70-77(67-117-7-1-10-125-137(85,86)128-58-51-111-42-35-103-26-19-98-18-25-102-34-41-110-50-57-124-74(64-82)4-13-121-71-79,68-118-8-2-11-126-138(87,88)129-59-52-112-43-36-104-27-20-99-22-29-106-38-45-114-54-61-131-140(91,92)134-75(65-83)5-14-122-72-80)69-119-9-3-12-127-139(89,90)130-60-53-113-44-37-105-28-21-100-23-30-107-39-46-115-55-62-132-141(93,94)135-76(66-84)6-15-123-73-81/h74-76,82-84H,1-73,79-81H2,(H,85,86)(H,87,88)(H,89,90)(H,91,92)(H,93,94)(H,95,96). The van der Waals surface area contributed by atoms with Gasteiger partial charge in [-0.25, -0.2) is 30.2 Å². The molecule has 854 valence electrons. The Kier molecular flexibility index (Phi) is 103. The van der Waals surface area contributed by atoms with Crippen molar-refractivity contribution in [2.75, 3.05) is 443 Å². The molecule has 0 spiro atoms. The number of hydrogen-bond acceptors (Lipinski definition) is 52. The number of hydrogen-bond donors (Lipinski definition) is 12. The van der Waals surface area contributed by atoms with Crippen molar-refractivity contribution in [2.24, 2.45) is 22.6 Å². The maximum Gasteiger partial charge on any atom is 0.481 e. The van der Waals surface area contributed by atoms with Crippen LogP contribution in [0.4, 0.5) is 0 Å². The molecular weight excluding hydrogens is 2160 g/mol. The number of aliphatic hydroxyl groups excluding tert-OH is 3. The quantitative estimate of drug-likeness (QED) is 0.0173. The van der Waals surface area contributed by atoms with Crippen LogP contribution in [-0.2, 0) is 213 Å².